The standard InChI is InChI=1S/C13H11N3O5S/c17-16(18)12-5-1-10(2-6-12)9-14-15-11-3-7-13(8-4-11)22(19,20)21/h1-9,15H,(H,19,20,21)/p-1/b14-9+. The highest BCUT2D eigenvalue weighted by molar-refractivity contribution is 7.85. The number of non-ortho nitro benzene ring substituents is 1. The van der Waals surface area contributed by atoms with Gasteiger partial charge in [-0.3, -0.25) is 15.5 Å². The third kappa shape index (κ3) is 4.11. The van der Waals surface area contributed by atoms with Crippen LogP contribution >= 0.6 is 0 Å². The highest BCUT2D eigenvalue weighted by Gasteiger charge is 2.02. The van der Waals surface area contributed by atoms with Crippen molar-refractivity contribution < 1.29 is 17.9 Å². The van der Waals surface area contributed by atoms with Crippen molar-refractivity contribution in [2.75, 3.05) is 5.43 Å². The number of hydrogen-bond donors (Lipinski definition) is 1. The second-order valence-corrected chi connectivity index (χ2v) is 5.58. The Bertz CT molecular complexity index is 799. The summed E-state index contributed by atoms with van der Waals surface area (Å²) in [5.41, 5.74) is 3.77. The molecule has 0 aliphatic carbocycles. The Morgan fingerprint density at radius 3 is 2.14 bits per heavy atom. The number of hydrogen-bond acceptors (Lipinski definition) is 7. The molecule has 22 heavy (non-hydrogen) atoms. The Morgan fingerprint density at radius 2 is 1.64 bits per heavy atom. The maximum Gasteiger partial charge on any atom is 0.269 e. The van der Waals surface area contributed by atoms with E-state index >= 15 is 0 Å². The SMILES string of the molecule is O=[N+]([O-])c1ccc(/C=N/Nc2ccc(S(=O)(=O)[O-])cc2)cc1. The van der Waals surface area contributed by atoms with Gasteiger partial charge >= 0.3 is 0 Å². The van der Waals surface area contributed by atoms with Crippen molar-refractivity contribution in [1.82, 2.24) is 0 Å². The molecule has 8 nitrogen and oxygen atoms in total. The fourth-order valence-corrected chi connectivity index (χ4v) is 2.03. The van der Waals surface area contributed by atoms with E-state index in [1.165, 1.54) is 54.7 Å². The lowest BCUT2D eigenvalue weighted by atomic mass is 10.2. The minimum Gasteiger partial charge on any atom is -0.744 e. The van der Waals surface area contributed by atoms with Gasteiger partial charge in [0.25, 0.3) is 5.69 Å². The summed E-state index contributed by atoms with van der Waals surface area (Å²) in [6, 6.07) is 10.9. The van der Waals surface area contributed by atoms with E-state index < -0.39 is 15.0 Å². The molecular weight excluding hydrogens is 310 g/mol. The van der Waals surface area contributed by atoms with Crippen LogP contribution in [0.15, 0.2) is 58.5 Å². The molecule has 0 fully saturated rings. The summed E-state index contributed by atoms with van der Waals surface area (Å²) in [4.78, 5) is 9.69. The Labute approximate surface area is 126 Å². The molecule has 0 bridgehead atoms. The van der Waals surface area contributed by atoms with Crippen molar-refractivity contribution in [3.8, 4) is 0 Å². The van der Waals surface area contributed by atoms with E-state index in [2.05, 4.69) is 10.5 Å². The van der Waals surface area contributed by atoms with Crippen molar-refractivity contribution in [2.24, 2.45) is 5.10 Å². The van der Waals surface area contributed by atoms with Gasteiger partial charge in [-0.1, -0.05) is 0 Å². The highest BCUT2D eigenvalue weighted by atomic mass is 32.2. The molecule has 0 amide bonds. The zero-order valence-corrected chi connectivity index (χ0v) is 11.9. The first-order valence-corrected chi connectivity index (χ1v) is 7.36. The van der Waals surface area contributed by atoms with Crippen LogP contribution in [0.2, 0.25) is 0 Å². The van der Waals surface area contributed by atoms with Crippen molar-refractivity contribution >= 4 is 27.7 Å². The molecular formula is C13H10N3O5S-. The largest absolute Gasteiger partial charge is 0.744 e. The smallest absolute Gasteiger partial charge is 0.269 e. The summed E-state index contributed by atoms with van der Waals surface area (Å²) in [5.74, 6) is 0. The minimum atomic E-state index is -4.47. The average Bonchev–Trinajstić information content (AvgIpc) is 2.47. The highest BCUT2D eigenvalue weighted by Crippen LogP contribution is 2.14. The van der Waals surface area contributed by atoms with Crippen LogP contribution in [-0.4, -0.2) is 24.1 Å². The Hall–Kier alpha value is -2.78. The molecule has 0 atom stereocenters. The van der Waals surface area contributed by atoms with E-state index in [1.807, 2.05) is 0 Å². The summed E-state index contributed by atoms with van der Waals surface area (Å²) in [5, 5.41) is 14.4. The Morgan fingerprint density at radius 1 is 1.05 bits per heavy atom. The normalized spacial score (nSPS) is 11.5. The molecule has 2 aromatic rings. The molecule has 9 heteroatoms. The van der Waals surface area contributed by atoms with E-state index in [0.29, 0.717) is 11.3 Å². The lowest BCUT2D eigenvalue weighted by Gasteiger charge is -2.07. The van der Waals surface area contributed by atoms with E-state index in [1.54, 1.807) is 0 Å². The van der Waals surface area contributed by atoms with E-state index in [0.717, 1.165) is 0 Å². The first kappa shape index (κ1) is 15.6. The first-order valence-electron chi connectivity index (χ1n) is 5.96. The van der Waals surface area contributed by atoms with Gasteiger partial charge in [-0.25, -0.2) is 8.42 Å². The van der Waals surface area contributed by atoms with Crippen molar-refractivity contribution in [3.05, 3.63) is 64.2 Å². The summed E-state index contributed by atoms with van der Waals surface area (Å²) in [6.45, 7) is 0. The van der Waals surface area contributed by atoms with Crippen LogP contribution in [0.1, 0.15) is 5.56 Å². The fraction of sp³-hybridized carbons (Fsp3) is 0. The van der Waals surface area contributed by atoms with Crippen molar-refractivity contribution in [3.63, 3.8) is 0 Å². The minimum absolute atomic E-state index is 0.0143. The first-order chi connectivity index (χ1) is 10.4. The van der Waals surface area contributed by atoms with Crippen LogP contribution in [0.4, 0.5) is 11.4 Å². The van der Waals surface area contributed by atoms with Gasteiger partial charge in [-0.05, 0) is 42.0 Å². The fourth-order valence-electron chi connectivity index (χ4n) is 1.56. The number of nitrogens with one attached hydrogen (secondary N) is 1. The van der Waals surface area contributed by atoms with Gasteiger partial charge in [-0.15, -0.1) is 0 Å². The number of nitro benzene ring substituents is 1. The second kappa shape index (κ2) is 6.33. The molecule has 0 spiro atoms. The number of anilines is 1. The average molecular weight is 320 g/mol. The topological polar surface area (TPSA) is 125 Å². The molecule has 0 aliphatic rings. The van der Waals surface area contributed by atoms with Gasteiger partial charge in [-0.2, -0.15) is 5.10 Å². The number of nitro groups is 1. The monoisotopic (exact) mass is 320 g/mol. The van der Waals surface area contributed by atoms with Gasteiger partial charge in [0.2, 0.25) is 0 Å². The second-order valence-electron chi connectivity index (χ2n) is 4.20. The van der Waals surface area contributed by atoms with E-state index in [4.69, 9.17) is 0 Å². The molecule has 2 aromatic carbocycles. The molecule has 114 valence electrons. The van der Waals surface area contributed by atoms with Crippen molar-refractivity contribution in [1.29, 1.82) is 0 Å². The number of benzene rings is 2. The summed E-state index contributed by atoms with van der Waals surface area (Å²) in [6.07, 6.45) is 1.45. The predicted molar refractivity (Wildman–Crippen MR) is 78.7 cm³/mol. The lowest BCUT2D eigenvalue weighted by molar-refractivity contribution is -0.384. The summed E-state index contributed by atoms with van der Waals surface area (Å²) >= 11 is 0. The van der Waals surface area contributed by atoms with E-state index in [-0.39, 0.29) is 10.6 Å². The zero-order chi connectivity index (χ0) is 16.2. The Balaban J connectivity index is 2.01. The van der Waals surface area contributed by atoms with Gasteiger partial charge in [0.15, 0.2) is 0 Å². The van der Waals surface area contributed by atoms with Gasteiger partial charge in [0.1, 0.15) is 10.1 Å². The van der Waals surface area contributed by atoms with Crippen molar-refractivity contribution in [2.45, 2.75) is 4.90 Å². The Kier molecular flexibility index (Phi) is 4.49. The number of hydrazone groups is 1. The summed E-state index contributed by atoms with van der Waals surface area (Å²) in [7, 11) is -4.47. The maximum atomic E-state index is 10.8. The molecule has 0 aliphatic heterocycles. The van der Waals surface area contributed by atoms with Crippen LogP contribution in [0.25, 0.3) is 0 Å². The van der Waals surface area contributed by atoms with Gasteiger partial charge in [0, 0.05) is 12.1 Å². The molecule has 1 N–H and O–H groups in total. The zero-order valence-electron chi connectivity index (χ0n) is 11.0. The van der Waals surface area contributed by atoms with Gasteiger partial charge in [0.05, 0.1) is 21.7 Å². The maximum absolute atomic E-state index is 10.8. The van der Waals surface area contributed by atoms with Gasteiger partial charge < -0.3 is 4.55 Å². The molecule has 0 unspecified atom stereocenters. The predicted octanol–water partition coefficient (Wildman–Crippen LogP) is 1.94. The number of nitrogens with zero attached hydrogens (tertiary/aromatic N) is 2. The van der Waals surface area contributed by atoms with Crippen LogP contribution in [0.3, 0.4) is 0 Å². The third-order valence-corrected chi connectivity index (χ3v) is 3.50. The molecule has 0 heterocycles. The van der Waals surface area contributed by atoms with E-state index in [9.17, 15) is 23.1 Å². The van der Waals surface area contributed by atoms with Crippen LogP contribution in [0, 0.1) is 10.1 Å². The molecule has 2 rings (SSSR count). The molecule has 0 saturated carbocycles. The van der Waals surface area contributed by atoms with Crippen LogP contribution in [-0.2, 0) is 10.1 Å². The molecule has 0 saturated heterocycles. The lowest BCUT2D eigenvalue weighted by Crippen LogP contribution is -1.98. The molecule has 0 aromatic heterocycles. The summed E-state index contributed by atoms with van der Waals surface area (Å²) < 4.78 is 32.3. The molecule has 0 radical (unpaired) electrons. The third-order valence-electron chi connectivity index (χ3n) is 2.65. The number of rotatable bonds is 5. The quantitative estimate of drug-likeness (QED) is 0.388. The van der Waals surface area contributed by atoms with Crippen LogP contribution in [0.5, 0.6) is 0 Å². The van der Waals surface area contributed by atoms with Crippen LogP contribution < -0.4 is 5.43 Å².